The Morgan fingerprint density at radius 2 is 2.32 bits per heavy atom. The highest BCUT2D eigenvalue weighted by Gasteiger charge is 2.34. The Kier molecular flexibility index (Phi) is 5.37. The summed E-state index contributed by atoms with van der Waals surface area (Å²) in [5, 5.41) is 3.50. The van der Waals surface area contributed by atoms with E-state index in [0.29, 0.717) is 4.47 Å². The minimum absolute atomic E-state index is 0.159. The van der Waals surface area contributed by atoms with Gasteiger partial charge < -0.3 is 10.1 Å². The maximum absolute atomic E-state index is 13.3. The molecule has 2 nitrogen and oxygen atoms in total. The van der Waals surface area contributed by atoms with Crippen molar-refractivity contribution in [2.24, 2.45) is 5.41 Å². The summed E-state index contributed by atoms with van der Waals surface area (Å²) in [6.07, 6.45) is 3.14. The zero-order chi connectivity index (χ0) is 13.7. The van der Waals surface area contributed by atoms with Gasteiger partial charge in [0.05, 0.1) is 11.1 Å². The topological polar surface area (TPSA) is 21.3 Å². The van der Waals surface area contributed by atoms with E-state index in [1.54, 1.807) is 0 Å². The average molecular weight is 330 g/mol. The number of nitrogens with one attached hydrogen (secondary N) is 1. The molecule has 19 heavy (non-hydrogen) atoms. The molecule has 1 atom stereocenters. The predicted octanol–water partition coefficient (Wildman–Crippen LogP) is 3.54. The molecule has 0 spiro atoms. The van der Waals surface area contributed by atoms with Gasteiger partial charge in [0.1, 0.15) is 5.82 Å². The van der Waals surface area contributed by atoms with Gasteiger partial charge in [-0.15, -0.1) is 0 Å². The smallest absolute Gasteiger partial charge is 0.137 e. The highest BCUT2D eigenvalue weighted by atomic mass is 79.9. The van der Waals surface area contributed by atoms with Crippen LogP contribution in [-0.4, -0.2) is 26.3 Å². The minimum atomic E-state index is -0.204. The third-order valence-electron chi connectivity index (χ3n) is 3.67. The fourth-order valence-corrected chi connectivity index (χ4v) is 3.03. The third kappa shape index (κ3) is 4.01. The number of hydrogen-bond donors (Lipinski definition) is 1. The van der Waals surface area contributed by atoms with Gasteiger partial charge >= 0.3 is 0 Å². The Morgan fingerprint density at radius 1 is 1.47 bits per heavy atom. The quantitative estimate of drug-likeness (QED) is 0.806. The van der Waals surface area contributed by atoms with Crippen molar-refractivity contribution in [2.45, 2.75) is 26.2 Å². The van der Waals surface area contributed by atoms with Gasteiger partial charge in [-0.3, -0.25) is 0 Å². The predicted molar refractivity (Wildman–Crippen MR) is 78.8 cm³/mol. The lowest BCUT2D eigenvalue weighted by molar-refractivity contribution is 0.149. The second-order valence-corrected chi connectivity index (χ2v) is 6.26. The van der Waals surface area contributed by atoms with E-state index < -0.39 is 0 Å². The van der Waals surface area contributed by atoms with Crippen LogP contribution in [0.1, 0.15) is 25.3 Å². The van der Waals surface area contributed by atoms with Crippen LogP contribution in [-0.2, 0) is 11.2 Å². The number of ether oxygens (including phenoxy) is 1. The zero-order valence-electron chi connectivity index (χ0n) is 11.3. The van der Waals surface area contributed by atoms with Gasteiger partial charge in [0, 0.05) is 18.6 Å². The maximum Gasteiger partial charge on any atom is 0.137 e. The van der Waals surface area contributed by atoms with Gasteiger partial charge in [0.15, 0.2) is 0 Å². The van der Waals surface area contributed by atoms with Crippen LogP contribution in [0.3, 0.4) is 0 Å². The molecule has 1 unspecified atom stereocenters. The highest BCUT2D eigenvalue weighted by Crippen LogP contribution is 2.33. The molecule has 0 bridgehead atoms. The Balaban J connectivity index is 2.05. The highest BCUT2D eigenvalue weighted by molar-refractivity contribution is 9.10. The van der Waals surface area contributed by atoms with Gasteiger partial charge in [0.25, 0.3) is 0 Å². The first-order valence-corrected chi connectivity index (χ1v) is 7.67. The zero-order valence-corrected chi connectivity index (χ0v) is 12.9. The van der Waals surface area contributed by atoms with E-state index in [9.17, 15) is 4.39 Å². The molecule has 1 aromatic rings. The van der Waals surface area contributed by atoms with Crippen molar-refractivity contribution < 1.29 is 9.13 Å². The van der Waals surface area contributed by atoms with Crippen molar-refractivity contribution in [3.05, 3.63) is 34.1 Å². The lowest BCUT2D eigenvalue weighted by Crippen LogP contribution is -2.37. The largest absolute Gasteiger partial charge is 0.381 e. The van der Waals surface area contributed by atoms with Crippen molar-refractivity contribution in [1.29, 1.82) is 0 Å². The van der Waals surface area contributed by atoms with Crippen LogP contribution in [0.15, 0.2) is 22.7 Å². The van der Waals surface area contributed by atoms with Crippen LogP contribution >= 0.6 is 15.9 Å². The molecule has 1 heterocycles. The van der Waals surface area contributed by atoms with Crippen LogP contribution in [0.5, 0.6) is 0 Å². The molecule has 1 N–H and O–H groups in total. The molecule has 1 fully saturated rings. The number of hydrogen-bond acceptors (Lipinski definition) is 2. The van der Waals surface area contributed by atoms with Gasteiger partial charge in [-0.25, -0.2) is 4.39 Å². The van der Waals surface area contributed by atoms with Crippen molar-refractivity contribution in [1.82, 2.24) is 5.32 Å². The Morgan fingerprint density at radius 3 is 2.95 bits per heavy atom. The Bertz CT molecular complexity index is 419. The lowest BCUT2D eigenvalue weighted by Gasteiger charge is -2.28. The molecule has 4 heteroatoms. The van der Waals surface area contributed by atoms with E-state index >= 15 is 0 Å². The molecule has 1 aromatic carbocycles. The average Bonchev–Trinajstić information content (AvgIpc) is 2.83. The van der Waals surface area contributed by atoms with E-state index in [1.165, 1.54) is 6.07 Å². The molecule has 1 saturated heterocycles. The van der Waals surface area contributed by atoms with E-state index in [0.717, 1.165) is 51.1 Å². The summed E-state index contributed by atoms with van der Waals surface area (Å²) in [6, 6.07) is 5.29. The minimum Gasteiger partial charge on any atom is -0.381 e. The summed E-state index contributed by atoms with van der Waals surface area (Å²) < 4.78 is 19.4. The molecule has 0 aliphatic carbocycles. The Labute approximate surface area is 122 Å². The van der Waals surface area contributed by atoms with Crippen LogP contribution in [0.25, 0.3) is 0 Å². The van der Waals surface area contributed by atoms with Crippen LogP contribution in [0.4, 0.5) is 4.39 Å². The molecule has 0 saturated carbocycles. The molecular formula is C15H21BrFNO. The molecule has 0 amide bonds. The molecule has 0 aromatic heterocycles. The summed E-state index contributed by atoms with van der Waals surface area (Å²) in [5.41, 5.74) is 1.32. The number of benzene rings is 1. The number of halogens is 2. The fraction of sp³-hybridized carbons (Fsp3) is 0.600. The van der Waals surface area contributed by atoms with E-state index in [-0.39, 0.29) is 11.2 Å². The summed E-state index contributed by atoms with van der Waals surface area (Å²) in [7, 11) is 0. The van der Waals surface area contributed by atoms with Crippen molar-refractivity contribution in [3.63, 3.8) is 0 Å². The lowest BCUT2D eigenvalue weighted by atomic mass is 9.81. The second-order valence-electron chi connectivity index (χ2n) is 5.40. The summed E-state index contributed by atoms with van der Waals surface area (Å²) in [4.78, 5) is 0. The van der Waals surface area contributed by atoms with Crippen molar-refractivity contribution >= 4 is 15.9 Å². The summed E-state index contributed by atoms with van der Waals surface area (Å²) in [6.45, 7) is 5.79. The molecule has 2 rings (SSSR count). The first kappa shape index (κ1) is 14.9. The molecule has 0 radical (unpaired) electrons. The van der Waals surface area contributed by atoms with E-state index in [4.69, 9.17) is 4.74 Å². The fourth-order valence-electron chi connectivity index (χ4n) is 2.60. The molecule has 1 aliphatic heterocycles. The van der Waals surface area contributed by atoms with Gasteiger partial charge in [0.2, 0.25) is 0 Å². The van der Waals surface area contributed by atoms with Crippen molar-refractivity contribution in [2.75, 3.05) is 26.3 Å². The second kappa shape index (κ2) is 6.82. The monoisotopic (exact) mass is 329 g/mol. The summed E-state index contributed by atoms with van der Waals surface area (Å²) in [5.74, 6) is -0.204. The van der Waals surface area contributed by atoms with Gasteiger partial charge in [-0.1, -0.05) is 13.0 Å². The normalized spacial score (nSPS) is 22.9. The first-order valence-electron chi connectivity index (χ1n) is 6.88. The maximum atomic E-state index is 13.3. The SMILES string of the molecule is CCCNCC1(Cc2ccc(F)c(Br)c2)CCOC1. The first-order chi connectivity index (χ1) is 9.15. The van der Waals surface area contributed by atoms with Crippen LogP contribution < -0.4 is 5.32 Å². The van der Waals surface area contributed by atoms with Crippen LogP contribution in [0.2, 0.25) is 0 Å². The Hall–Kier alpha value is -0.450. The number of rotatable bonds is 6. The molecule has 106 valence electrons. The van der Waals surface area contributed by atoms with Gasteiger partial charge in [-0.2, -0.15) is 0 Å². The van der Waals surface area contributed by atoms with Gasteiger partial charge in [-0.05, 0) is 59.4 Å². The third-order valence-corrected chi connectivity index (χ3v) is 4.28. The molecular weight excluding hydrogens is 309 g/mol. The van der Waals surface area contributed by atoms with Crippen molar-refractivity contribution in [3.8, 4) is 0 Å². The molecule has 1 aliphatic rings. The standard InChI is InChI=1S/C15H21BrFNO/c1-2-6-18-10-15(5-7-19-11-15)9-12-3-4-14(17)13(16)8-12/h3-4,8,18H,2,5-7,9-11H2,1H3. The van der Waals surface area contributed by atoms with E-state index in [2.05, 4.69) is 28.2 Å². The van der Waals surface area contributed by atoms with E-state index in [1.807, 2.05) is 12.1 Å². The van der Waals surface area contributed by atoms with Crippen LogP contribution in [0, 0.1) is 11.2 Å². The summed E-state index contributed by atoms with van der Waals surface area (Å²) >= 11 is 3.26.